The van der Waals surface area contributed by atoms with Crippen molar-refractivity contribution in [2.45, 2.75) is 46.2 Å². The van der Waals surface area contributed by atoms with Crippen molar-refractivity contribution >= 4 is 0 Å². The Bertz CT molecular complexity index is 386. The predicted molar refractivity (Wildman–Crippen MR) is 63.8 cm³/mol. The Kier molecular flexibility index (Phi) is 4.51. The van der Waals surface area contributed by atoms with Crippen LogP contribution in [0.4, 0.5) is 0 Å². The average Bonchev–Trinajstić information content (AvgIpc) is 2.49. The van der Waals surface area contributed by atoms with Gasteiger partial charge in [0.25, 0.3) is 0 Å². The fraction of sp³-hybridized carbons (Fsp3) is 0.667. The van der Waals surface area contributed by atoms with Crippen LogP contribution in [0.1, 0.15) is 36.7 Å². The standard InChI is InChI=1S/C12H20N4/c1-5-11(6-7-13)14-8-12-9(2)15-16(4)10(12)3/h11,14H,5-6,8H2,1-4H3. The van der Waals surface area contributed by atoms with Crippen molar-refractivity contribution in [2.75, 3.05) is 0 Å². The minimum Gasteiger partial charge on any atom is -0.309 e. The smallest absolute Gasteiger partial charge is 0.0641 e. The molecule has 0 amide bonds. The summed E-state index contributed by atoms with van der Waals surface area (Å²) >= 11 is 0. The molecule has 0 radical (unpaired) electrons. The van der Waals surface area contributed by atoms with Gasteiger partial charge in [-0.1, -0.05) is 6.92 Å². The van der Waals surface area contributed by atoms with Gasteiger partial charge in [-0.15, -0.1) is 0 Å². The summed E-state index contributed by atoms with van der Waals surface area (Å²) in [6.45, 7) is 6.99. The molecule has 1 heterocycles. The molecule has 0 saturated carbocycles. The van der Waals surface area contributed by atoms with Crippen LogP contribution in [0, 0.1) is 25.2 Å². The van der Waals surface area contributed by atoms with E-state index >= 15 is 0 Å². The molecule has 1 aromatic heterocycles. The summed E-state index contributed by atoms with van der Waals surface area (Å²) < 4.78 is 1.90. The van der Waals surface area contributed by atoms with Crippen molar-refractivity contribution in [1.82, 2.24) is 15.1 Å². The first kappa shape index (κ1) is 12.7. The summed E-state index contributed by atoms with van der Waals surface area (Å²) in [6, 6.07) is 2.49. The van der Waals surface area contributed by atoms with E-state index in [1.165, 1.54) is 11.3 Å². The fourth-order valence-electron chi connectivity index (χ4n) is 1.79. The van der Waals surface area contributed by atoms with E-state index in [1.54, 1.807) is 0 Å². The van der Waals surface area contributed by atoms with Gasteiger partial charge in [-0.05, 0) is 20.3 Å². The van der Waals surface area contributed by atoms with Crippen LogP contribution < -0.4 is 5.32 Å². The Morgan fingerprint density at radius 3 is 2.62 bits per heavy atom. The molecule has 0 aromatic carbocycles. The van der Waals surface area contributed by atoms with E-state index < -0.39 is 0 Å². The van der Waals surface area contributed by atoms with Crippen molar-refractivity contribution < 1.29 is 0 Å². The van der Waals surface area contributed by atoms with Crippen molar-refractivity contribution in [3.63, 3.8) is 0 Å². The molecule has 0 spiro atoms. The van der Waals surface area contributed by atoms with Crippen molar-refractivity contribution in [3.8, 4) is 6.07 Å². The van der Waals surface area contributed by atoms with Gasteiger partial charge in [0.1, 0.15) is 0 Å². The summed E-state index contributed by atoms with van der Waals surface area (Å²) in [7, 11) is 1.96. The van der Waals surface area contributed by atoms with E-state index in [2.05, 4.69) is 30.3 Å². The lowest BCUT2D eigenvalue weighted by Crippen LogP contribution is -2.27. The first-order valence-electron chi connectivity index (χ1n) is 5.69. The maximum Gasteiger partial charge on any atom is 0.0641 e. The lowest BCUT2D eigenvalue weighted by Gasteiger charge is -2.13. The molecule has 0 saturated heterocycles. The van der Waals surface area contributed by atoms with Crippen LogP contribution in [0.3, 0.4) is 0 Å². The van der Waals surface area contributed by atoms with Gasteiger partial charge < -0.3 is 5.32 Å². The van der Waals surface area contributed by atoms with E-state index in [1.807, 2.05) is 18.7 Å². The van der Waals surface area contributed by atoms with Crippen LogP contribution in [0.25, 0.3) is 0 Å². The van der Waals surface area contributed by atoms with Gasteiger partial charge in [-0.25, -0.2) is 0 Å². The fourth-order valence-corrected chi connectivity index (χ4v) is 1.79. The third kappa shape index (κ3) is 2.83. The molecular formula is C12H20N4. The first-order chi connectivity index (χ1) is 7.60. The summed E-state index contributed by atoms with van der Waals surface area (Å²) in [5, 5.41) is 16.4. The van der Waals surface area contributed by atoms with Gasteiger partial charge in [0.2, 0.25) is 0 Å². The summed E-state index contributed by atoms with van der Waals surface area (Å²) in [6.07, 6.45) is 1.54. The third-order valence-electron chi connectivity index (χ3n) is 3.06. The second-order valence-electron chi connectivity index (χ2n) is 4.12. The van der Waals surface area contributed by atoms with Gasteiger partial charge in [-0.2, -0.15) is 10.4 Å². The quantitative estimate of drug-likeness (QED) is 0.823. The Morgan fingerprint density at radius 1 is 1.50 bits per heavy atom. The summed E-state index contributed by atoms with van der Waals surface area (Å²) in [5.41, 5.74) is 3.51. The zero-order valence-electron chi connectivity index (χ0n) is 10.5. The maximum absolute atomic E-state index is 8.67. The minimum absolute atomic E-state index is 0.281. The Hall–Kier alpha value is -1.34. The highest BCUT2D eigenvalue weighted by Crippen LogP contribution is 2.12. The number of aromatic nitrogens is 2. The van der Waals surface area contributed by atoms with Crippen LogP contribution >= 0.6 is 0 Å². The SMILES string of the molecule is CCC(CC#N)NCc1c(C)nn(C)c1C. The highest BCUT2D eigenvalue weighted by molar-refractivity contribution is 5.24. The molecule has 1 rings (SSSR count). The predicted octanol–water partition coefficient (Wildman–Crippen LogP) is 1.82. The number of aryl methyl sites for hydroxylation is 2. The van der Waals surface area contributed by atoms with Gasteiger partial charge in [-0.3, -0.25) is 4.68 Å². The van der Waals surface area contributed by atoms with Gasteiger partial charge in [0, 0.05) is 30.9 Å². The third-order valence-corrected chi connectivity index (χ3v) is 3.06. The second-order valence-corrected chi connectivity index (χ2v) is 4.12. The number of nitriles is 1. The highest BCUT2D eigenvalue weighted by atomic mass is 15.3. The second kappa shape index (κ2) is 5.66. The molecule has 1 unspecified atom stereocenters. The van der Waals surface area contributed by atoms with Crippen molar-refractivity contribution in [2.24, 2.45) is 7.05 Å². The van der Waals surface area contributed by atoms with E-state index in [4.69, 9.17) is 5.26 Å². The molecule has 0 aliphatic rings. The summed E-state index contributed by atoms with van der Waals surface area (Å²) in [4.78, 5) is 0. The largest absolute Gasteiger partial charge is 0.309 e. The summed E-state index contributed by atoms with van der Waals surface area (Å²) in [5.74, 6) is 0. The maximum atomic E-state index is 8.67. The van der Waals surface area contributed by atoms with Crippen LogP contribution in [-0.2, 0) is 13.6 Å². The average molecular weight is 220 g/mol. The molecule has 1 atom stereocenters. The van der Waals surface area contributed by atoms with Crippen LogP contribution in [0.5, 0.6) is 0 Å². The molecular weight excluding hydrogens is 200 g/mol. The Balaban J connectivity index is 2.64. The van der Waals surface area contributed by atoms with Gasteiger partial charge >= 0.3 is 0 Å². The lowest BCUT2D eigenvalue weighted by atomic mass is 10.1. The molecule has 0 bridgehead atoms. The molecule has 1 N–H and O–H groups in total. The zero-order chi connectivity index (χ0) is 12.1. The van der Waals surface area contributed by atoms with Crippen LogP contribution in [0.2, 0.25) is 0 Å². The monoisotopic (exact) mass is 220 g/mol. The van der Waals surface area contributed by atoms with E-state index in [0.717, 1.165) is 18.7 Å². The molecule has 0 aliphatic heterocycles. The Labute approximate surface area is 97.3 Å². The van der Waals surface area contributed by atoms with E-state index in [9.17, 15) is 0 Å². The topological polar surface area (TPSA) is 53.6 Å². The molecule has 0 aliphatic carbocycles. The number of nitrogens with one attached hydrogen (secondary N) is 1. The number of hydrogen-bond donors (Lipinski definition) is 1. The first-order valence-corrected chi connectivity index (χ1v) is 5.69. The van der Waals surface area contributed by atoms with E-state index in [-0.39, 0.29) is 6.04 Å². The van der Waals surface area contributed by atoms with Gasteiger partial charge in [0.15, 0.2) is 0 Å². The normalized spacial score (nSPS) is 12.4. The molecule has 16 heavy (non-hydrogen) atoms. The van der Waals surface area contributed by atoms with Crippen LogP contribution in [0.15, 0.2) is 0 Å². The highest BCUT2D eigenvalue weighted by Gasteiger charge is 2.11. The molecule has 4 nitrogen and oxygen atoms in total. The van der Waals surface area contributed by atoms with Crippen LogP contribution in [-0.4, -0.2) is 15.8 Å². The van der Waals surface area contributed by atoms with Gasteiger partial charge in [0.05, 0.1) is 18.2 Å². The van der Waals surface area contributed by atoms with Crippen molar-refractivity contribution in [3.05, 3.63) is 17.0 Å². The number of nitrogens with zero attached hydrogens (tertiary/aromatic N) is 3. The molecule has 88 valence electrons. The Morgan fingerprint density at radius 2 is 2.19 bits per heavy atom. The van der Waals surface area contributed by atoms with E-state index in [0.29, 0.717) is 6.42 Å². The molecule has 1 aromatic rings. The number of rotatable bonds is 5. The zero-order valence-corrected chi connectivity index (χ0v) is 10.5. The molecule has 0 fully saturated rings. The lowest BCUT2D eigenvalue weighted by molar-refractivity contribution is 0.503. The minimum atomic E-state index is 0.281. The molecule has 4 heteroatoms. The van der Waals surface area contributed by atoms with Crippen molar-refractivity contribution in [1.29, 1.82) is 5.26 Å². The number of hydrogen-bond acceptors (Lipinski definition) is 3.